The van der Waals surface area contributed by atoms with Crippen molar-refractivity contribution in [2.75, 3.05) is 5.73 Å². The Kier molecular flexibility index (Phi) is 3.18. The molecule has 1 heterocycles. The monoisotopic (exact) mass is 265 g/mol. The summed E-state index contributed by atoms with van der Waals surface area (Å²) in [7, 11) is 0. The first kappa shape index (κ1) is 12.7. The second-order valence-electron chi connectivity index (χ2n) is 5.40. The van der Waals surface area contributed by atoms with Gasteiger partial charge in [-0.1, -0.05) is 18.2 Å². The fourth-order valence-corrected chi connectivity index (χ4v) is 2.59. The lowest BCUT2D eigenvalue weighted by Crippen LogP contribution is -1.94. The first-order valence-electron chi connectivity index (χ1n) is 6.92. The first-order chi connectivity index (χ1) is 9.61. The molecule has 0 saturated carbocycles. The number of nitrogens with two attached hydrogens (primary N) is 1. The Labute approximate surface area is 118 Å². The zero-order valence-corrected chi connectivity index (χ0v) is 11.9. The molecule has 20 heavy (non-hydrogen) atoms. The van der Waals surface area contributed by atoms with Crippen LogP contribution in [0, 0.1) is 13.8 Å². The Balaban J connectivity index is 1.81. The number of benzene rings is 2. The number of nitrogen functional groups attached to an aromatic ring is 1. The number of aromatic amines is 1. The summed E-state index contributed by atoms with van der Waals surface area (Å²) >= 11 is 0. The van der Waals surface area contributed by atoms with E-state index in [1.807, 2.05) is 12.1 Å². The average molecular weight is 265 g/mol. The molecular formula is C17H19N3. The number of imidazole rings is 1. The molecule has 0 radical (unpaired) electrons. The van der Waals surface area contributed by atoms with Crippen molar-refractivity contribution in [2.45, 2.75) is 26.7 Å². The van der Waals surface area contributed by atoms with E-state index < -0.39 is 0 Å². The van der Waals surface area contributed by atoms with Gasteiger partial charge in [0.1, 0.15) is 5.82 Å². The number of aromatic nitrogens is 2. The predicted octanol–water partition coefficient (Wildman–Crippen LogP) is 3.55. The molecule has 3 N–H and O–H groups in total. The minimum Gasteiger partial charge on any atom is -0.399 e. The summed E-state index contributed by atoms with van der Waals surface area (Å²) in [6, 6.07) is 12.4. The third kappa shape index (κ3) is 2.52. The summed E-state index contributed by atoms with van der Waals surface area (Å²) in [5.74, 6) is 1.05. The van der Waals surface area contributed by atoms with Gasteiger partial charge in [0.2, 0.25) is 0 Å². The standard InChI is InChI=1S/C17H19N3/c1-11-9-12(2)17-15(10-11)19-16(20-17)8-5-13-3-6-14(18)7-4-13/h3-4,6-7,9-10H,5,8,18H2,1-2H3,(H,19,20). The van der Waals surface area contributed by atoms with Crippen molar-refractivity contribution >= 4 is 16.7 Å². The van der Waals surface area contributed by atoms with Crippen LogP contribution < -0.4 is 5.73 Å². The van der Waals surface area contributed by atoms with Gasteiger partial charge in [-0.25, -0.2) is 4.98 Å². The number of hydrogen-bond acceptors (Lipinski definition) is 2. The Morgan fingerprint density at radius 3 is 2.55 bits per heavy atom. The fourth-order valence-electron chi connectivity index (χ4n) is 2.59. The van der Waals surface area contributed by atoms with Gasteiger partial charge in [-0.2, -0.15) is 0 Å². The van der Waals surface area contributed by atoms with Crippen LogP contribution in [0.1, 0.15) is 22.5 Å². The van der Waals surface area contributed by atoms with Crippen LogP contribution in [0.2, 0.25) is 0 Å². The number of anilines is 1. The van der Waals surface area contributed by atoms with E-state index in [0.717, 1.165) is 35.4 Å². The molecular weight excluding hydrogens is 246 g/mol. The molecule has 0 saturated heterocycles. The molecule has 1 aromatic heterocycles. The van der Waals surface area contributed by atoms with Gasteiger partial charge in [0.15, 0.2) is 0 Å². The quantitative estimate of drug-likeness (QED) is 0.712. The van der Waals surface area contributed by atoms with Gasteiger partial charge >= 0.3 is 0 Å². The predicted molar refractivity (Wildman–Crippen MR) is 83.8 cm³/mol. The second-order valence-corrected chi connectivity index (χ2v) is 5.40. The second kappa shape index (κ2) is 5.00. The van der Waals surface area contributed by atoms with Crippen LogP contribution in [-0.2, 0) is 12.8 Å². The van der Waals surface area contributed by atoms with Gasteiger partial charge < -0.3 is 10.7 Å². The third-order valence-corrected chi connectivity index (χ3v) is 3.60. The molecule has 3 rings (SSSR count). The number of nitrogens with one attached hydrogen (secondary N) is 1. The summed E-state index contributed by atoms with van der Waals surface area (Å²) in [5.41, 5.74) is 12.5. The molecule has 0 fully saturated rings. The Morgan fingerprint density at radius 1 is 1.05 bits per heavy atom. The molecule has 3 aromatic rings. The van der Waals surface area contributed by atoms with Gasteiger partial charge in [-0.05, 0) is 55.2 Å². The van der Waals surface area contributed by atoms with E-state index in [2.05, 4.69) is 43.1 Å². The summed E-state index contributed by atoms with van der Waals surface area (Å²) in [4.78, 5) is 8.13. The molecule has 2 aromatic carbocycles. The lowest BCUT2D eigenvalue weighted by molar-refractivity contribution is 0.890. The first-order valence-corrected chi connectivity index (χ1v) is 6.92. The number of hydrogen-bond donors (Lipinski definition) is 2. The Bertz CT molecular complexity index is 739. The van der Waals surface area contributed by atoms with Gasteiger partial charge in [0, 0.05) is 12.1 Å². The molecule has 0 amide bonds. The van der Waals surface area contributed by atoms with Gasteiger partial charge in [0.05, 0.1) is 11.0 Å². The number of rotatable bonds is 3. The largest absolute Gasteiger partial charge is 0.399 e. The average Bonchev–Trinajstić information content (AvgIpc) is 2.81. The fraction of sp³-hybridized carbons (Fsp3) is 0.235. The van der Waals surface area contributed by atoms with Crippen LogP contribution in [0.15, 0.2) is 36.4 Å². The molecule has 0 aliphatic heterocycles. The van der Waals surface area contributed by atoms with Crippen LogP contribution >= 0.6 is 0 Å². The van der Waals surface area contributed by atoms with E-state index in [1.165, 1.54) is 16.7 Å². The van der Waals surface area contributed by atoms with E-state index in [1.54, 1.807) is 0 Å². The van der Waals surface area contributed by atoms with Crippen molar-refractivity contribution in [3.8, 4) is 0 Å². The molecule has 0 aliphatic carbocycles. The molecule has 102 valence electrons. The maximum Gasteiger partial charge on any atom is 0.107 e. The summed E-state index contributed by atoms with van der Waals surface area (Å²) in [6.45, 7) is 4.22. The molecule has 3 heteroatoms. The smallest absolute Gasteiger partial charge is 0.107 e. The lowest BCUT2D eigenvalue weighted by Gasteiger charge is -1.99. The number of fused-ring (bicyclic) bond motifs is 1. The minimum atomic E-state index is 0.809. The zero-order valence-electron chi connectivity index (χ0n) is 11.9. The number of H-pyrrole nitrogens is 1. The van der Waals surface area contributed by atoms with Crippen LogP contribution in [-0.4, -0.2) is 9.97 Å². The highest BCUT2D eigenvalue weighted by molar-refractivity contribution is 5.79. The van der Waals surface area contributed by atoms with Gasteiger partial charge in [0.25, 0.3) is 0 Å². The van der Waals surface area contributed by atoms with Crippen LogP contribution in [0.25, 0.3) is 11.0 Å². The van der Waals surface area contributed by atoms with E-state index in [9.17, 15) is 0 Å². The van der Waals surface area contributed by atoms with Crippen molar-refractivity contribution in [1.82, 2.24) is 9.97 Å². The summed E-state index contributed by atoms with van der Waals surface area (Å²) < 4.78 is 0. The van der Waals surface area contributed by atoms with Crippen LogP contribution in [0.4, 0.5) is 5.69 Å². The topological polar surface area (TPSA) is 54.7 Å². The molecule has 0 spiro atoms. The van der Waals surface area contributed by atoms with E-state index in [0.29, 0.717) is 0 Å². The number of aryl methyl sites for hydroxylation is 4. The Hall–Kier alpha value is -2.29. The summed E-state index contributed by atoms with van der Waals surface area (Å²) in [5, 5.41) is 0. The van der Waals surface area contributed by atoms with E-state index in [4.69, 9.17) is 10.7 Å². The molecule has 3 nitrogen and oxygen atoms in total. The van der Waals surface area contributed by atoms with E-state index >= 15 is 0 Å². The van der Waals surface area contributed by atoms with Crippen LogP contribution in [0.3, 0.4) is 0 Å². The van der Waals surface area contributed by atoms with Crippen molar-refractivity contribution in [2.24, 2.45) is 0 Å². The maximum atomic E-state index is 5.70. The molecule has 0 unspecified atom stereocenters. The third-order valence-electron chi connectivity index (χ3n) is 3.60. The van der Waals surface area contributed by atoms with Gasteiger partial charge in [-0.3, -0.25) is 0 Å². The maximum absolute atomic E-state index is 5.70. The SMILES string of the molecule is Cc1cc(C)c2nc(CCc3ccc(N)cc3)[nH]c2c1. The number of nitrogens with zero attached hydrogens (tertiary/aromatic N) is 1. The zero-order chi connectivity index (χ0) is 14.1. The van der Waals surface area contributed by atoms with Crippen LogP contribution in [0.5, 0.6) is 0 Å². The highest BCUT2D eigenvalue weighted by Gasteiger charge is 2.06. The molecule has 0 bridgehead atoms. The normalized spacial score (nSPS) is 11.1. The molecule has 0 atom stereocenters. The van der Waals surface area contributed by atoms with Crippen molar-refractivity contribution in [3.05, 3.63) is 58.9 Å². The van der Waals surface area contributed by atoms with E-state index in [-0.39, 0.29) is 0 Å². The van der Waals surface area contributed by atoms with Crippen molar-refractivity contribution in [3.63, 3.8) is 0 Å². The van der Waals surface area contributed by atoms with Crippen molar-refractivity contribution in [1.29, 1.82) is 0 Å². The Morgan fingerprint density at radius 2 is 1.80 bits per heavy atom. The minimum absolute atomic E-state index is 0.809. The highest BCUT2D eigenvalue weighted by atomic mass is 14.9. The highest BCUT2D eigenvalue weighted by Crippen LogP contribution is 2.19. The van der Waals surface area contributed by atoms with Gasteiger partial charge in [-0.15, -0.1) is 0 Å². The lowest BCUT2D eigenvalue weighted by atomic mass is 10.1. The summed E-state index contributed by atoms with van der Waals surface area (Å²) in [6.07, 6.45) is 1.88. The molecule has 0 aliphatic rings. The van der Waals surface area contributed by atoms with Crippen molar-refractivity contribution < 1.29 is 0 Å².